The molecule has 0 aliphatic rings. The number of carbonyl (C=O) groups excluding carboxylic acids is 3. The zero-order valence-electron chi connectivity index (χ0n) is 23.4. The molecule has 3 amide bonds. The molecule has 9 heteroatoms. The van der Waals surface area contributed by atoms with Crippen LogP contribution in [-0.2, 0) is 33.8 Å². The molecule has 0 spiro atoms. The average molecular weight is 538 g/mol. The van der Waals surface area contributed by atoms with Crippen molar-refractivity contribution in [2.75, 3.05) is 7.05 Å². The van der Waals surface area contributed by atoms with Crippen LogP contribution in [-0.4, -0.2) is 41.9 Å². The maximum absolute atomic E-state index is 13.6. The van der Waals surface area contributed by atoms with Gasteiger partial charge in [-0.25, -0.2) is 5.48 Å². The molecule has 212 valence electrons. The Bertz CT molecular complexity index is 1080. The SMILES string of the molecule is CNC(=O)[C@H](Cc1ccc(CN=C(C)N)cc1)NC(=O)[C@H](CC(C)C)[C@H](CCCc1ccccc1)C(=O)NO. The molecule has 0 heterocycles. The number of hydroxylamine groups is 1. The van der Waals surface area contributed by atoms with Crippen molar-refractivity contribution in [2.24, 2.45) is 28.5 Å². The Labute approximate surface area is 231 Å². The first-order valence-corrected chi connectivity index (χ1v) is 13.5. The fourth-order valence-corrected chi connectivity index (χ4v) is 4.63. The van der Waals surface area contributed by atoms with Gasteiger partial charge in [0.2, 0.25) is 17.7 Å². The lowest BCUT2D eigenvalue weighted by Gasteiger charge is -2.28. The first-order chi connectivity index (χ1) is 18.6. The Morgan fingerprint density at radius 1 is 0.897 bits per heavy atom. The summed E-state index contributed by atoms with van der Waals surface area (Å²) in [5.41, 5.74) is 10.4. The standard InChI is InChI=1S/C30H43N5O4/c1-20(2)17-26(25(29(37)35-39)12-8-11-22-9-6-5-7-10-22)28(36)34-27(30(38)32-4)18-23-13-15-24(16-14-23)19-33-21(3)31/h5-7,9-10,13-16,20,25-27,39H,8,11-12,17-19H2,1-4H3,(H2,31,33)(H,32,38)(H,34,36)(H,35,37)/t25-,26+,27-/m0/s1. The molecule has 39 heavy (non-hydrogen) atoms. The van der Waals surface area contributed by atoms with Crippen LogP contribution in [0.3, 0.4) is 0 Å². The molecule has 9 nitrogen and oxygen atoms in total. The average Bonchev–Trinajstić information content (AvgIpc) is 2.93. The first kappa shape index (κ1) is 31.5. The number of nitrogens with two attached hydrogens (primary N) is 1. The Balaban J connectivity index is 2.19. The predicted molar refractivity (Wildman–Crippen MR) is 153 cm³/mol. The van der Waals surface area contributed by atoms with E-state index < -0.39 is 23.8 Å². The predicted octanol–water partition coefficient (Wildman–Crippen LogP) is 3.14. The zero-order valence-corrected chi connectivity index (χ0v) is 23.4. The second-order valence-electron chi connectivity index (χ2n) is 10.4. The molecular weight excluding hydrogens is 494 g/mol. The summed E-state index contributed by atoms with van der Waals surface area (Å²) in [6.07, 6.45) is 2.56. The Morgan fingerprint density at radius 3 is 2.10 bits per heavy atom. The van der Waals surface area contributed by atoms with Gasteiger partial charge in [-0.1, -0.05) is 68.4 Å². The number of amides is 3. The van der Waals surface area contributed by atoms with Crippen molar-refractivity contribution in [3.05, 3.63) is 71.3 Å². The van der Waals surface area contributed by atoms with Gasteiger partial charge >= 0.3 is 0 Å². The van der Waals surface area contributed by atoms with Gasteiger partial charge in [0.1, 0.15) is 6.04 Å². The molecule has 2 rings (SSSR count). The summed E-state index contributed by atoms with van der Waals surface area (Å²) in [7, 11) is 1.52. The number of aryl methyl sites for hydroxylation is 1. The molecule has 0 radical (unpaired) electrons. The third kappa shape index (κ3) is 10.9. The maximum Gasteiger partial charge on any atom is 0.247 e. The highest BCUT2D eigenvalue weighted by molar-refractivity contribution is 5.91. The monoisotopic (exact) mass is 537 g/mol. The van der Waals surface area contributed by atoms with Crippen molar-refractivity contribution < 1.29 is 19.6 Å². The fourth-order valence-electron chi connectivity index (χ4n) is 4.63. The minimum atomic E-state index is -0.825. The third-order valence-electron chi connectivity index (χ3n) is 6.67. The highest BCUT2D eigenvalue weighted by atomic mass is 16.5. The van der Waals surface area contributed by atoms with E-state index in [1.807, 2.05) is 68.4 Å². The molecule has 6 N–H and O–H groups in total. The van der Waals surface area contributed by atoms with Crippen LogP contribution in [0, 0.1) is 17.8 Å². The Morgan fingerprint density at radius 2 is 1.54 bits per heavy atom. The van der Waals surface area contributed by atoms with E-state index in [0.717, 1.165) is 23.1 Å². The van der Waals surface area contributed by atoms with Gasteiger partial charge in [-0.15, -0.1) is 0 Å². The lowest BCUT2D eigenvalue weighted by atomic mass is 9.80. The molecule has 0 fully saturated rings. The number of likely N-dealkylation sites (N-methyl/N-ethyl adjacent to an activating group) is 1. The van der Waals surface area contributed by atoms with Crippen molar-refractivity contribution in [2.45, 2.75) is 65.5 Å². The van der Waals surface area contributed by atoms with Gasteiger partial charge in [-0.3, -0.25) is 24.6 Å². The summed E-state index contributed by atoms with van der Waals surface area (Å²) in [6, 6.07) is 16.7. The number of hydrogen-bond donors (Lipinski definition) is 5. The van der Waals surface area contributed by atoms with Crippen molar-refractivity contribution >= 4 is 23.6 Å². The van der Waals surface area contributed by atoms with Crippen LogP contribution in [0.5, 0.6) is 0 Å². The molecule has 0 aliphatic carbocycles. The second-order valence-corrected chi connectivity index (χ2v) is 10.4. The van der Waals surface area contributed by atoms with E-state index in [1.165, 1.54) is 7.05 Å². The summed E-state index contributed by atoms with van der Waals surface area (Å²) in [6.45, 7) is 6.15. The van der Waals surface area contributed by atoms with Crippen LogP contribution >= 0.6 is 0 Å². The van der Waals surface area contributed by atoms with Crippen LogP contribution in [0.25, 0.3) is 0 Å². The third-order valence-corrected chi connectivity index (χ3v) is 6.67. The van der Waals surface area contributed by atoms with Gasteiger partial charge in [0, 0.05) is 19.4 Å². The number of hydrogen-bond acceptors (Lipinski definition) is 5. The summed E-state index contributed by atoms with van der Waals surface area (Å²) < 4.78 is 0. The van der Waals surface area contributed by atoms with Crippen LogP contribution < -0.4 is 21.8 Å². The van der Waals surface area contributed by atoms with Crippen LogP contribution in [0.2, 0.25) is 0 Å². The summed E-state index contributed by atoms with van der Waals surface area (Å²) in [5.74, 6) is -2.12. The summed E-state index contributed by atoms with van der Waals surface area (Å²) in [5, 5.41) is 15.0. The number of rotatable bonds is 15. The van der Waals surface area contributed by atoms with Gasteiger partial charge < -0.3 is 16.4 Å². The van der Waals surface area contributed by atoms with Crippen molar-refractivity contribution in [1.29, 1.82) is 0 Å². The van der Waals surface area contributed by atoms with Gasteiger partial charge in [-0.05, 0) is 55.2 Å². The van der Waals surface area contributed by atoms with E-state index in [2.05, 4.69) is 15.6 Å². The minimum Gasteiger partial charge on any atom is -0.388 e. The summed E-state index contributed by atoms with van der Waals surface area (Å²) in [4.78, 5) is 43.3. The molecule has 0 bridgehead atoms. The van der Waals surface area contributed by atoms with Crippen molar-refractivity contribution in [3.8, 4) is 0 Å². The lowest BCUT2D eigenvalue weighted by Crippen LogP contribution is -2.51. The Kier molecular flexibility index (Phi) is 13.2. The number of carbonyl (C=O) groups is 3. The van der Waals surface area contributed by atoms with E-state index in [0.29, 0.717) is 31.6 Å². The van der Waals surface area contributed by atoms with E-state index in [9.17, 15) is 19.6 Å². The van der Waals surface area contributed by atoms with Crippen molar-refractivity contribution in [3.63, 3.8) is 0 Å². The van der Waals surface area contributed by atoms with Crippen LogP contribution in [0.1, 0.15) is 56.7 Å². The zero-order chi connectivity index (χ0) is 28.8. The molecule has 2 aromatic rings. The molecular formula is C30H43N5O4. The van der Waals surface area contributed by atoms with E-state index in [-0.39, 0.29) is 24.2 Å². The normalized spacial score (nSPS) is 13.8. The van der Waals surface area contributed by atoms with E-state index in [1.54, 1.807) is 12.4 Å². The molecule has 2 aromatic carbocycles. The second kappa shape index (κ2) is 16.3. The number of nitrogens with zero attached hydrogens (tertiary/aromatic N) is 1. The van der Waals surface area contributed by atoms with Gasteiger partial charge in [0.25, 0.3) is 0 Å². The van der Waals surface area contributed by atoms with E-state index in [4.69, 9.17) is 5.73 Å². The number of amidine groups is 1. The van der Waals surface area contributed by atoms with Gasteiger partial charge in [-0.2, -0.15) is 0 Å². The molecule has 0 saturated heterocycles. The molecule has 3 atom stereocenters. The van der Waals surface area contributed by atoms with Gasteiger partial charge in [0.15, 0.2) is 0 Å². The highest BCUT2D eigenvalue weighted by Crippen LogP contribution is 2.27. The summed E-state index contributed by atoms with van der Waals surface area (Å²) >= 11 is 0. The van der Waals surface area contributed by atoms with E-state index >= 15 is 0 Å². The Hall–Kier alpha value is -3.72. The number of aliphatic imine (C=N–C) groups is 1. The quantitative estimate of drug-likeness (QED) is 0.103. The molecule has 0 unspecified atom stereocenters. The molecule has 0 saturated carbocycles. The lowest BCUT2D eigenvalue weighted by molar-refractivity contribution is -0.142. The highest BCUT2D eigenvalue weighted by Gasteiger charge is 2.35. The number of benzene rings is 2. The minimum absolute atomic E-state index is 0.120. The van der Waals surface area contributed by atoms with Gasteiger partial charge in [0.05, 0.1) is 18.3 Å². The molecule has 0 aromatic heterocycles. The topological polar surface area (TPSA) is 146 Å². The fraction of sp³-hybridized carbons (Fsp3) is 0.467. The maximum atomic E-state index is 13.6. The number of nitrogens with one attached hydrogen (secondary N) is 3. The smallest absolute Gasteiger partial charge is 0.247 e. The van der Waals surface area contributed by atoms with Crippen LogP contribution in [0.15, 0.2) is 59.6 Å². The largest absolute Gasteiger partial charge is 0.388 e. The molecule has 0 aliphatic heterocycles. The van der Waals surface area contributed by atoms with Crippen LogP contribution in [0.4, 0.5) is 0 Å². The van der Waals surface area contributed by atoms with Crippen molar-refractivity contribution in [1.82, 2.24) is 16.1 Å². The first-order valence-electron chi connectivity index (χ1n) is 13.5.